The monoisotopic (exact) mass is 400 g/mol. The molecular formula is C27H41FO. The van der Waals surface area contributed by atoms with Crippen molar-refractivity contribution in [2.45, 2.75) is 104 Å². The van der Waals surface area contributed by atoms with Crippen LogP contribution in [0.25, 0.3) is 0 Å². The third-order valence-corrected chi connectivity index (χ3v) is 10.5. The lowest BCUT2D eigenvalue weighted by Gasteiger charge is -2.60. The lowest BCUT2D eigenvalue weighted by atomic mass is 9.44. The van der Waals surface area contributed by atoms with Crippen LogP contribution in [0.15, 0.2) is 23.3 Å². The Morgan fingerprint density at radius 2 is 1.72 bits per heavy atom. The van der Waals surface area contributed by atoms with Gasteiger partial charge in [-0.3, -0.25) is 0 Å². The third kappa shape index (κ3) is 3.02. The van der Waals surface area contributed by atoms with Gasteiger partial charge >= 0.3 is 0 Å². The van der Waals surface area contributed by atoms with Crippen molar-refractivity contribution in [3.8, 4) is 0 Å². The summed E-state index contributed by atoms with van der Waals surface area (Å²) in [6.45, 7) is 7.48. The number of aliphatic hydroxyl groups is 1. The largest absolute Gasteiger partial charge is 0.393 e. The van der Waals surface area contributed by atoms with Gasteiger partial charge in [-0.1, -0.05) is 44.1 Å². The van der Waals surface area contributed by atoms with Gasteiger partial charge in [0.2, 0.25) is 0 Å². The molecule has 2 heteroatoms. The fourth-order valence-corrected chi connectivity index (χ4v) is 8.80. The molecule has 7 atom stereocenters. The van der Waals surface area contributed by atoms with E-state index in [2.05, 4.69) is 32.9 Å². The highest BCUT2D eigenvalue weighted by molar-refractivity contribution is 5.32. The van der Waals surface area contributed by atoms with Crippen molar-refractivity contribution in [1.29, 1.82) is 0 Å². The highest BCUT2D eigenvalue weighted by atomic mass is 19.1. The molecule has 0 unspecified atom stereocenters. The second kappa shape index (κ2) is 7.21. The number of allylic oxidation sites excluding steroid dienone is 3. The van der Waals surface area contributed by atoms with E-state index in [1.165, 1.54) is 32.1 Å². The number of fused-ring (bicyclic) bond motifs is 5. The first-order valence-corrected chi connectivity index (χ1v) is 12.6. The molecule has 0 radical (unpaired) electrons. The normalized spacial score (nSPS) is 52.1. The van der Waals surface area contributed by atoms with Crippen LogP contribution < -0.4 is 0 Å². The van der Waals surface area contributed by atoms with E-state index in [4.69, 9.17) is 0 Å². The van der Waals surface area contributed by atoms with Gasteiger partial charge in [0.1, 0.15) is 6.17 Å². The SMILES string of the molecule is CC[C@@H]1C=C2C[C@@H](O)CC[C@]2(C)[C@H]2CC[C@]3(C)C(C4CCC(F)CC4)=CC[C@H]3[C@H]12. The van der Waals surface area contributed by atoms with Crippen molar-refractivity contribution in [3.63, 3.8) is 0 Å². The molecule has 162 valence electrons. The number of hydrogen-bond acceptors (Lipinski definition) is 1. The molecule has 0 amide bonds. The van der Waals surface area contributed by atoms with Gasteiger partial charge < -0.3 is 5.11 Å². The van der Waals surface area contributed by atoms with Crippen molar-refractivity contribution in [2.24, 2.45) is 40.4 Å². The molecule has 1 nitrogen and oxygen atoms in total. The molecule has 5 aliphatic rings. The summed E-state index contributed by atoms with van der Waals surface area (Å²) in [4.78, 5) is 0. The van der Waals surface area contributed by atoms with E-state index >= 15 is 0 Å². The Labute approximate surface area is 177 Å². The average Bonchev–Trinajstić information content (AvgIpc) is 3.06. The van der Waals surface area contributed by atoms with Crippen LogP contribution in [0, 0.1) is 40.4 Å². The molecule has 3 saturated carbocycles. The predicted octanol–water partition coefficient (Wildman–Crippen LogP) is 7.01. The van der Waals surface area contributed by atoms with Gasteiger partial charge in [-0.2, -0.15) is 0 Å². The molecule has 29 heavy (non-hydrogen) atoms. The molecular weight excluding hydrogens is 359 g/mol. The minimum Gasteiger partial charge on any atom is -0.393 e. The summed E-state index contributed by atoms with van der Waals surface area (Å²) in [7, 11) is 0. The first kappa shape index (κ1) is 20.3. The maximum absolute atomic E-state index is 13.8. The highest BCUT2D eigenvalue weighted by Crippen LogP contribution is 2.67. The summed E-state index contributed by atoms with van der Waals surface area (Å²) in [6, 6.07) is 0. The van der Waals surface area contributed by atoms with Gasteiger partial charge in [0.25, 0.3) is 0 Å². The molecule has 0 aromatic carbocycles. The summed E-state index contributed by atoms with van der Waals surface area (Å²) in [5.74, 6) is 3.66. The summed E-state index contributed by atoms with van der Waals surface area (Å²) >= 11 is 0. The van der Waals surface area contributed by atoms with E-state index in [0.29, 0.717) is 22.7 Å². The Morgan fingerprint density at radius 3 is 2.45 bits per heavy atom. The Hall–Kier alpha value is -0.630. The van der Waals surface area contributed by atoms with Gasteiger partial charge in [0.15, 0.2) is 0 Å². The third-order valence-electron chi connectivity index (χ3n) is 10.5. The second-order valence-electron chi connectivity index (χ2n) is 11.7. The molecule has 0 aromatic rings. The van der Waals surface area contributed by atoms with Gasteiger partial charge in [-0.05, 0) is 111 Å². The van der Waals surface area contributed by atoms with Crippen LogP contribution in [-0.4, -0.2) is 17.4 Å². The Morgan fingerprint density at radius 1 is 1.00 bits per heavy atom. The molecule has 0 heterocycles. The van der Waals surface area contributed by atoms with Crippen molar-refractivity contribution in [1.82, 2.24) is 0 Å². The van der Waals surface area contributed by atoms with Crippen molar-refractivity contribution < 1.29 is 9.50 Å². The van der Waals surface area contributed by atoms with Crippen LogP contribution >= 0.6 is 0 Å². The standard InChI is InChI=1S/C27H41FO/c1-4-17-15-19-16-21(29)11-13-26(19,2)24-12-14-27(3)22(9-10-23(27)25(17)24)18-5-7-20(28)8-6-18/h9,15,17-18,20-21,23-25,29H,4-8,10-14,16H2,1-3H3/t17-,18?,20?,21+,23+,24+,25+,26+,27-/m1/s1. The molecule has 0 spiro atoms. The van der Waals surface area contributed by atoms with Crippen LogP contribution in [0.1, 0.15) is 91.4 Å². The lowest BCUT2D eigenvalue weighted by Crippen LogP contribution is -2.53. The number of alkyl halides is 1. The zero-order chi connectivity index (χ0) is 20.4. The molecule has 0 aliphatic heterocycles. The average molecular weight is 401 g/mol. The molecule has 0 aromatic heterocycles. The lowest BCUT2D eigenvalue weighted by molar-refractivity contribution is -0.0544. The second-order valence-corrected chi connectivity index (χ2v) is 11.7. The van der Waals surface area contributed by atoms with Crippen molar-refractivity contribution in [2.75, 3.05) is 0 Å². The molecule has 5 rings (SSSR count). The van der Waals surface area contributed by atoms with Crippen LogP contribution in [0.2, 0.25) is 0 Å². The quantitative estimate of drug-likeness (QED) is 0.494. The number of halogens is 1. The predicted molar refractivity (Wildman–Crippen MR) is 117 cm³/mol. The van der Waals surface area contributed by atoms with E-state index < -0.39 is 6.17 Å². The Kier molecular flexibility index (Phi) is 5.04. The molecule has 1 N–H and O–H groups in total. The molecule has 5 aliphatic carbocycles. The Balaban J connectivity index is 1.45. The van der Waals surface area contributed by atoms with Crippen LogP contribution in [-0.2, 0) is 0 Å². The zero-order valence-electron chi connectivity index (χ0n) is 18.8. The smallest absolute Gasteiger partial charge is 0.100 e. The number of hydrogen-bond donors (Lipinski definition) is 1. The maximum Gasteiger partial charge on any atom is 0.100 e. The fraction of sp³-hybridized carbons (Fsp3) is 0.852. The highest BCUT2D eigenvalue weighted by Gasteiger charge is 2.59. The van der Waals surface area contributed by atoms with E-state index in [9.17, 15) is 9.50 Å². The van der Waals surface area contributed by atoms with Crippen LogP contribution in [0.3, 0.4) is 0 Å². The van der Waals surface area contributed by atoms with Crippen molar-refractivity contribution in [3.05, 3.63) is 23.3 Å². The van der Waals surface area contributed by atoms with E-state index in [-0.39, 0.29) is 6.10 Å². The number of rotatable bonds is 2. The van der Waals surface area contributed by atoms with Gasteiger partial charge in [-0.25, -0.2) is 4.39 Å². The zero-order valence-corrected chi connectivity index (χ0v) is 18.8. The topological polar surface area (TPSA) is 20.2 Å². The minimum atomic E-state index is -0.555. The molecule has 0 saturated heterocycles. The van der Waals surface area contributed by atoms with Crippen LogP contribution in [0.5, 0.6) is 0 Å². The summed E-state index contributed by atoms with van der Waals surface area (Å²) < 4.78 is 13.8. The summed E-state index contributed by atoms with van der Waals surface area (Å²) in [5, 5.41) is 10.3. The van der Waals surface area contributed by atoms with E-state index in [0.717, 1.165) is 56.3 Å². The van der Waals surface area contributed by atoms with Crippen molar-refractivity contribution >= 4 is 0 Å². The number of aliphatic hydroxyl groups excluding tert-OH is 1. The van der Waals surface area contributed by atoms with Crippen LogP contribution in [0.4, 0.5) is 4.39 Å². The van der Waals surface area contributed by atoms with Gasteiger partial charge in [0, 0.05) is 0 Å². The van der Waals surface area contributed by atoms with Gasteiger partial charge in [-0.15, -0.1) is 0 Å². The maximum atomic E-state index is 13.8. The first-order valence-electron chi connectivity index (χ1n) is 12.6. The van der Waals surface area contributed by atoms with E-state index in [1.807, 2.05) is 0 Å². The van der Waals surface area contributed by atoms with E-state index in [1.54, 1.807) is 11.1 Å². The summed E-state index contributed by atoms with van der Waals surface area (Å²) in [5.41, 5.74) is 3.96. The summed E-state index contributed by atoms with van der Waals surface area (Å²) in [6.07, 6.45) is 16.5. The first-order chi connectivity index (χ1) is 13.9. The minimum absolute atomic E-state index is 0.123. The Bertz CT molecular complexity index is 701. The molecule has 3 fully saturated rings. The molecule has 0 bridgehead atoms. The fourth-order valence-electron chi connectivity index (χ4n) is 8.80. The van der Waals surface area contributed by atoms with Gasteiger partial charge in [0.05, 0.1) is 6.10 Å².